The standard InChI is InChI=1S/C18H18ClFN2O3S/c1-22(14-6-4-13(20)5-7-14)26(24,25)15-8-9-17(19)16(10-15)18(23)21-11-12-2-3-12/h4-10,12H,2-3,11H2,1H3,(H,21,23). The second-order valence-corrected chi connectivity index (χ2v) is 8.62. The molecule has 0 radical (unpaired) electrons. The number of nitrogens with one attached hydrogen (secondary N) is 1. The minimum Gasteiger partial charge on any atom is -0.352 e. The van der Waals surface area contributed by atoms with E-state index in [-0.39, 0.29) is 15.5 Å². The molecule has 26 heavy (non-hydrogen) atoms. The van der Waals surface area contributed by atoms with Gasteiger partial charge in [-0.2, -0.15) is 0 Å². The van der Waals surface area contributed by atoms with Crippen molar-refractivity contribution in [2.75, 3.05) is 17.9 Å². The molecule has 1 aliphatic rings. The Balaban J connectivity index is 1.88. The molecule has 0 heterocycles. The molecule has 138 valence electrons. The Labute approximate surface area is 156 Å². The normalized spacial score (nSPS) is 14.1. The maximum atomic E-state index is 13.1. The fraction of sp³-hybridized carbons (Fsp3) is 0.278. The molecular weight excluding hydrogens is 379 g/mol. The van der Waals surface area contributed by atoms with Crippen molar-refractivity contribution >= 4 is 33.2 Å². The van der Waals surface area contributed by atoms with E-state index in [1.54, 1.807) is 0 Å². The van der Waals surface area contributed by atoms with Gasteiger partial charge in [-0.05, 0) is 61.2 Å². The molecule has 0 saturated heterocycles. The van der Waals surface area contributed by atoms with Crippen molar-refractivity contribution in [1.29, 1.82) is 0 Å². The van der Waals surface area contributed by atoms with Crippen molar-refractivity contribution in [3.8, 4) is 0 Å². The summed E-state index contributed by atoms with van der Waals surface area (Å²) in [5, 5.41) is 2.96. The SMILES string of the molecule is CN(c1ccc(F)cc1)S(=O)(=O)c1ccc(Cl)c(C(=O)NCC2CC2)c1. The maximum absolute atomic E-state index is 13.1. The summed E-state index contributed by atoms with van der Waals surface area (Å²) in [6, 6.07) is 9.09. The van der Waals surface area contributed by atoms with Crippen molar-refractivity contribution in [3.05, 3.63) is 58.9 Å². The second kappa shape index (κ2) is 7.25. The lowest BCUT2D eigenvalue weighted by atomic mass is 10.2. The molecule has 2 aromatic rings. The first-order valence-electron chi connectivity index (χ1n) is 8.11. The molecule has 0 aliphatic heterocycles. The Morgan fingerprint density at radius 1 is 1.23 bits per heavy atom. The van der Waals surface area contributed by atoms with E-state index in [2.05, 4.69) is 5.32 Å². The Kier molecular flexibility index (Phi) is 5.20. The number of benzene rings is 2. The average molecular weight is 397 g/mol. The number of nitrogens with zero attached hydrogens (tertiary/aromatic N) is 1. The van der Waals surface area contributed by atoms with Gasteiger partial charge >= 0.3 is 0 Å². The molecule has 0 aromatic heterocycles. The van der Waals surface area contributed by atoms with Crippen molar-refractivity contribution in [2.45, 2.75) is 17.7 Å². The average Bonchev–Trinajstić information content (AvgIpc) is 3.44. The van der Waals surface area contributed by atoms with Crippen LogP contribution in [0.3, 0.4) is 0 Å². The van der Waals surface area contributed by atoms with E-state index in [0.717, 1.165) is 17.1 Å². The first-order chi connectivity index (χ1) is 12.3. The second-order valence-electron chi connectivity index (χ2n) is 6.24. The number of halogens is 2. The van der Waals surface area contributed by atoms with Crippen molar-refractivity contribution < 1.29 is 17.6 Å². The Morgan fingerprint density at radius 3 is 2.50 bits per heavy atom. The highest BCUT2D eigenvalue weighted by molar-refractivity contribution is 7.92. The van der Waals surface area contributed by atoms with E-state index < -0.39 is 21.7 Å². The highest BCUT2D eigenvalue weighted by atomic mass is 35.5. The third-order valence-corrected chi connectivity index (χ3v) is 6.39. The minimum absolute atomic E-state index is 0.0645. The van der Waals surface area contributed by atoms with Gasteiger partial charge in [0.15, 0.2) is 0 Å². The first kappa shape index (κ1) is 18.7. The minimum atomic E-state index is -3.92. The molecule has 1 aliphatic carbocycles. The molecule has 0 bridgehead atoms. The molecule has 8 heteroatoms. The molecular formula is C18H18ClFN2O3S. The summed E-state index contributed by atoms with van der Waals surface area (Å²) in [5.74, 6) is -0.363. The molecule has 1 N–H and O–H groups in total. The quantitative estimate of drug-likeness (QED) is 0.813. The molecule has 3 rings (SSSR count). The highest BCUT2D eigenvalue weighted by Crippen LogP contribution is 2.28. The van der Waals surface area contributed by atoms with Crippen LogP contribution in [-0.4, -0.2) is 27.9 Å². The predicted octanol–water partition coefficient (Wildman–Crippen LogP) is 3.44. The van der Waals surface area contributed by atoms with E-state index >= 15 is 0 Å². The summed E-state index contributed by atoms with van der Waals surface area (Å²) in [4.78, 5) is 12.2. The van der Waals surface area contributed by atoms with Gasteiger partial charge in [-0.15, -0.1) is 0 Å². The summed E-state index contributed by atoms with van der Waals surface area (Å²) in [5.41, 5.74) is 0.419. The molecule has 2 aromatic carbocycles. The molecule has 0 spiro atoms. The summed E-state index contributed by atoms with van der Waals surface area (Å²) in [6.45, 7) is 0.557. The van der Waals surface area contributed by atoms with Crippen LogP contribution in [0.25, 0.3) is 0 Å². The third kappa shape index (κ3) is 3.99. The fourth-order valence-electron chi connectivity index (χ4n) is 2.44. The summed E-state index contributed by atoms with van der Waals surface area (Å²) < 4.78 is 39.8. The smallest absolute Gasteiger partial charge is 0.264 e. The largest absolute Gasteiger partial charge is 0.352 e. The number of hydrogen-bond acceptors (Lipinski definition) is 3. The molecule has 1 fully saturated rings. The molecule has 5 nitrogen and oxygen atoms in total. The number of carbonyl (C=O) groups excluding carboxylic acids is 1. The van der Waals surface area contributed by atoms with E-state index in [9.17, 15) is 17.6 Å². The van der Waals surface area contributed by atoms with Gasteiger partial charge in [-0.25, -0.2) is 12.8 Å². The van der Waals surface area contributed by atoms with Crippen LogP contribution < -0.4 is 9.62 Å². The summed E-state index contributed by atoms with van der Waals surface area (Å²) in [7, 11) is -2.56. The Hall–Kier alpha value is -2.12. The van der Waals surface area contributed by atoms with Crippen LogP contribution in [0.4, 0.5) is 10.1 Å². The maximum Gasteiger partial charge on any atom is 0.264 e. The van der Waals surface area contributed by atoms with Gasteiger partial charge in [-0.3, -0.25) is 9.10 Å². The van der Waals surface area contributed by atoms with Crippen LogP contribution >= 0.6 is 11.6 Å². The monoisotopic (exact) mass is 396 g/mol. The molecule has 1 amide bonds. The van der Waals surface area contributed by atoms with Crippen LogP contribution in [0.15, 0.2) is 47.4 Å². The highest BCUT2D eigenvalue weighted by Gasteiger charge is 2.25. The van der Waals surface area contributed by atoms with Crippen LogP contribution in [0.2, 0.25) is 5.02 Å². The topological polar surface area (TPSA) is 66.5 Å². The van der Waals surface area contributed by atoms with Gasteiger partial charge in [0.05, 0.1) is 21.2 Å². The van der Waals surface area contributed by atoms with Gasteiger partial charge in [0.1, 0.15) is 5.82 Å². The lowest BCUT2D eigenvalue weighted by molar-refractivity contribution is 0.0951. The van der Waals surface area contributed by atoms with Crippen LogP contribution in [0.1, 0.15) is 23.2 Å². The summed E-state index contributed by atoms with van der Waals surface area (Å²) in [6.07, 6.45) is 2.18. The number of hydrogen-bond donors (Lipinski definition) is 1. The van der Waals surface area contributed by atoms with Gasteiger partial charge in [0.2, 0.25) is 0 Å². The van der Waals surface area contributed by atoms with E-state index in [1.807, 2.05) is 0 Å². The van der Waals surface area contributed by atoms with Crippen molar-refractivity contribution in [1.82, 2.24) is 5.32 Å². The predicted molar refractivity (Wildman–Crippen MR) is 98.5 cm³/mol. The molecule has 0 unspecified atom stereocenters. The van der Waals surface area contributed by atoms with E-state index in [1.165, 1.54) is 49.5 Å². The van der Waals surface area contributed by atoms with E-state index in [0.29, 0.717) is 18.2 Å². The van der Waals surface area contributed by atoms with Gasteiger partial charge < -0.3 is 5.32 Å². The third-order valence-electron chi connectivity index (χ3n) is 4.28. The number of amides is 1. The van der Waals surface area contributed by atoms with Gasteiger partial charge in [0, 0.05) is 13.6 Å². The zero-order chi connectivity index (χ0) is 18.9. The number of anilines is 1. The number of sulfonamides is 1. The fourth-order valence-corrected chi connectivity index (χ4v) is 3.87. The Morgan fingerprint density at radius 2 is 1.88 bits per heavy atom. The number of carbonyl (C=O) groups is 1. The lowest BCUT2D eigenvalue weighted by Crippen LogP contribution is -2.28. The molecule has 1 saturated carbocycles. The van der Waals surface area contributed by atoms with Gasteiger partial charge in [-0.1, -0.05) is 11.6 Å². The van der Waals surface area contributed by atoms with Crippen LogP contribution in [0.5, 0.6) is 0 Å². The van der Waals surface area contributed by atoms with Crippen molar-refractivity contribution in [3.63, 3.8) is 0 Å². The molecule has 0 atom stereocenters. The zero-order valence-corrected chi connectivity index (χ0v) is 15.6. The Bertz CT molecular complexity index is 928. The van der Waals surface area contributed by atoms with E-state index in [4.69, 9.17) is 11.6 Å². The van der Waals surface area contributed by atoms with Crippen LogP contribution in [0, 0.1) is 11.7 Å². The zero-order valence-electron chi connectivity index (χ0n) is 14.1. The summed E-state index contributed by atoms with van der Waals surface area (Å²) >= 11 is 6.08. The van der Waals surface area contributed by atoms with Crippen molar-refractivity contribution in [2.24, 2.45) is 5.92 Å². The first-order valence-corrected chi connectivity index (χ1v) is 9.93. The number of rotatable bonds is 6. The van der Waals surface area contributed by atoms with Gasteiger partial charge in [0.25, 0.3) is 15.9 Å². The lowest BCUT2D eigenvalue weighted by Gasteiger charge is -2.20. The van der Waals surface area contributed by atoms with Crippen LogP contribution in [-0.2, 0) is 10.0 Å².